The molecular formula is C14H14F2N2S. The summed E-state index contributed by atoms with van der Waals surface area (Å²) in [5, 5.41) is 0. The Morgan fingerprint density at radius 3 is 2.26 bits per heavy atom. The van der Waals surface area contributed by atoms with Crippen molar-refractivity contribution in [2.24, 2.45) is 5.84 Å². The van der Waals surface area contributed by atoms with Crippen LogP contribution >= 0.6 is 11.8 Å². The molecule has 2 aromatic rings. The lowest BCUT2D eigenvalue weighted by molar-refractivity contribution is 0.559. The van der Waals surface area contributed by atoms with E-state index in [1.54, 1.807) is 11.8 Å². The van der Waals surface area contributed by atoms with Gasteiger partial charge in [-0.2, -0.15) is 0 Å². The summed E-state index contributed by atoms with van der Waals surface area (Å²) in [5.41, 5.74) is 3.09. The maximum Gasteiger partial charge on any atom is 0.126 e. The van der Waals surface area contributed by atoms with E-state index in [2.05, 4.69) is 5.43 Å². The molecule has 0 aliphatic carbocycles. The molecule has 0 aliphatic heterocycles. The van der Waals surface area contributed by atoms with Crippen LogP contribution in [-0.4, -0.2) is 5.75 Å². The molecule has 5 heteroatoms. The van der Waals surface area contributed by atoms with E-state index in [4.69, 9.17) is 5.84 Å². The van der Waals surface area contributed by atoms with Crippen LogP contribution in [0.25, 0.3) is 0 Å². The standard InChI is InChI=1S/C14H14F2N2S/c15-11-6-10(7-12(16)8-11)14(18-17)9-19-13-4-2-1-3-5-13/h1-8,14,18H,9,17H2. The second-order valence-electron chi connectivity index (χ2n) is 4.05. The van der Waals surface area contributed by atoms with Crippen molar-refractivity contribution >= 4 is 11.8 Å². The topological polar surface area (TPSA) is 38.0 Å². The Labute approximate surface area is 115 Å². The predicted molar refractivity (Wildman–Crippen MR) is 73.6 cm³/mol. The number of nitrogens with one attached hydrogen (secondary N) is 1. The molecule has 0 spiro atoms. The van der Waals surface area contributed by atoms with Gasteiger partial charge in [-0.1, -0.05) is 18.2 Å². The van der Waals surface area contributed by atoms with Crippen molar-refractivity contribution in [1.29, 1.82) is 0 Å². The highest BCUT2D eigenvalue weighted by atomic mass is 32.2. The quantitative estimate of drug-likeness (QED) is 0.501. The summed E-state index contributed by atoms with van der Waals surface area (Å²) in [4.78, 5) is 1.08. The average molecular weight is 280 g/mol. The normalized spacial score (nSPS) is 12.4. The predicted octanol–water partition coefficient (Wildman–Crippen LogP) is 3.26. The number of nitrogens with two attached hydrogens (primary N) is 1. The van der Waals surface area contributed by atoms with Gasteiger partial charge < -0.3 is 0 Å². The molecule has 2 rings (SSSR count). The first kappa shape index (κ1) is 14.0. The summed E-state index contributed by atoms with van der Waals surface area (Å²) in [5.74, 6) is 4.85. The number of benzene rings is 2. The highest BCUT2D eigenvalue weighted by molar-refractivity contribution is 7.99. The fourth-order valence-electron chi connectivity index (χ4n) is 1.71. The van der Waals surface area contributed by atoms with Crippen LogP contribution in [0.4, 0.5) is 8.78 Å². The van der Waals surface area contributed by atoms with Crippen molar-refractivity contribution in [3.05, 3.63) is 65.7 Å². The highest BCUT2D eigenvalue weighted by Crippen LogP contribution is 2.25. The van der Waals surface area contributed by atoms with E-state index in [1.165, 1.54) is 12.1 Å². The lowest BCUT2D eigenvalue weighted by Crippen LogP contribution is -2.29. The number of halogens is 2. The first-order valence-corrected chi connectivity index (χ1v) is 6.77. The third-order valence-electron chi connectivity index (χ3n) is 2.65. The minimum Gasteiger partial charge on any atom is -0.271 e. The molecule has 0 heterocycles. The van der Waals surface area contributed by atoms with Gasteiger partial charge in [-0.25, -0.2) is 8.78 Å². The summed E-state index contributed by atoms with van der Waals surface area (Å²) < 4.78 is 26.3. The number of hydrogen-bond donors (Lipinski definition) is 2. The van der Waals surface area contributed by atoms with Gasteiger partial charge in [0.2, 0.25) is 0 Å². The van der Waals surface area contributed by atoms with Crippen molar-refractivity contribution in [2.75, 3.05) is 5.75 Å². The molecule has 0 radical (unpaired) electrons. The number of hydrogen-bond acceptors (Lipinski definition) is 3. The Kier molecular flexibility index (Phi) is 4.90. The SMILES string of the molecule is NNC(CSc1ccccc1)c1cc(F)cc(F)c1. The maximum absolute atomic E-state index is 13.2. The fourth-order valence-corrected chi connectivity index (χ4v) is 2.71. The molecule has 0 fully saturated rings. The van der Waals surface area contributed by atoms with Gasteiger partial charge in [-0.05, 0) is 29.8 Å². The molecule has 0 saturated carbocycles. The lowest BCUT2D eigenvalue weighted by atomic mass is 10.1. The van der Waals surface area contributed by atoms with E-state index in [0.717, 1.165) is 11.0 Å². The zero-order valence-corrected chi connectivity index (χ0v) is 11.0. The third-order valence-corrected chi connectivity index (χ3v) is 3.75. The van der Waals surface area contributed by atoms with E-state index in [9.17, 15) is 8.78 Å². The molecule has 0 aliphatic rings. The van der Waals surface area contributed by atoms with Crippen LogP contribution in [0.1, 0.15) is 11.6 Å². The zero-order chi connectivity index (χ0) is 13.7. The first-order chi connectivity index (χ1) is 9.19. The van der Waals surface area contributed by atoms with E-state index in [1.807, 2.05) is 30.3 Å². The van der Waals surface area contributed by atoms with E-state index < -0.39 is 11.6 Å². The average Bonchev–Trinajstić information content (AvgIpc) is 2.39. The number of thioether (sulfide) groups is 1. The summed E-state index contributed by atoms with van der Waals surface area (Å²) in [7, 11) is 0. The molecule has 0 aromatic heterocycles. The van der Waals surface area contributed by atoms with Gasteiger partial charge >= 0.3 is 0 Å². The molecule has 100 valence electrons. The lowest BCUT2D eigenvalue weighted by Gasteiger charge is -2.16. The van der Waals surface area contributed by atoms with Crippen LogP contribution in [0.5, 0.6) is 0 Å². The molecule has 0 bridgehead atoms. The van der Waals surface area contributed by atoms with Gasteiger partial charge in [0.15, 0.2) is 0 Å². The Balaban J connectivity index is 2.07. The van der Waals surface area contributed by atoms with Gasteiger partial charge in [-0.3, -0.25) is 11.3 Å². The molecule has 1 unspecified atom stereocenters. The van der Waals surface area contributed by atoms with E-state index >= 15 is 0 Å². The van der Waals surface area contributed by atoms with Crippen LogP contribution < -0.4 is 11.3 Å². The van der Waals surface area contributed by atoms with Gasteiger partial charge in [0, 0.05) is 16.7 Å². The second kappa shape index (κ2) is 6.65. The Hall–Kier alpha value is -1.43. The Bertz CT molecular complexity index is 514. The number of hydrazine groups is 1. The Morgan fingerprint density at radius 1 is 1.05 bits per heavy atom. The monoisotopic (exact) mass is 280 g/mol. The van der Waals surface area contributed by atoms with Crippen molar-refractivity contribution in [2.45, 2.75) is 10.9 Å². The van der Waals surface area contributed by atoms with Crippen molar-refractivity contribution in [3.8, 4) is 0 Å². The van der Waals surface area contributed by atoms with Gasteiger partial charge in [0.05, 0.1) is 6.04 Å². The van der Waals surface area contributed by atoms with Crippen LogP contribution in [-0.2, 0) is 0 Å². The molecule has 2 nitrogen and oxygen atoms in total. The third kappa shape index (κ3) is 4.02. The summed E-state index contributed by atoms with van der Waals surface area (Å²) in [6, 6.07) is 12.9. The minimum absolute atomic E-state index is 0.310. The molecule has 19 heavy (non-hydrogen) atoms. The van der Waals surface area contributed by atoms with Gasteiger partial charge in [0.1, 0.15) is 11.6 Å². The van der Waals surface area contributed by atoms with E-state index in [0.29, 0.717) is 11.3 Å². The highest BCUT2D eigenvalue weighted by Gasteiger charge is 2.12. The van der Waals surface area contributed by atoms with Crippen LogP contribution in [0.3, 0.4) is 0 Å². The van der Waals surface area contributed by atoms with Crippen LogP contribution in [0.2, 0.25) is 0 Å². The molecular weight excluding hydrogens is 266 g/mol. The molecule has 2 aromatic carbocycles. The first-order valence-electron chi connectivity index (χ1n) is 5.79. The second-order valence-corrected chi connectivity index (χ2v) is 5.14. The van der Waals surface area contributed by atoms with E-state index in [-0.39, 0.29) is 6.04 Å². The van der Waals surface area contributed by atoms with Gasteiger partial charge in [-0.15, -0.1) is 11.8 Å². The minimum atomic E-state index is -0.597. The van der Waals surface area contributed by atoms with Gasteiger partial charge in [0.25, 0.3) is 0 Å². The van der Waals surface area contributed by atoms with Crippen LogP contribution in [0, 0.1) is 11.6 Å². The Morgan fingerprint density at radius 2 is 1.68 bits per heavy atom. The van der Waals surface area contributed by atoms with Crippen molar-refractivity contribution in [1.82, 2.24) is 5.43 Å². The summed E-state index contributed by atoms with van der Waals surface area (Å²) in [6.45, 7) is 0. The molecule has 0 saturated heterocycles. The largest absolute Gasteiger partial charge is 0.271 e. The number of rotatable bonds is 5. The fraction of sp³-hybridized carbons (Fsp3) is 0.143. The molecule has 3 N–H and O–H groups in total. The smallest absolute Gasteiger partial charge is 0.126 e. The maximum atomic E-state index is 13.2. The molecule has 1 atom stereocenters. The van der Waals surface area contributed by atoms with Crippen molar-refractivity contribution < 1.29 is 8.78 Å². The van der Waals surface area contributed by atoms with Crippen molar-refractivity contribution in [3.63, 3.8) is 0 Å². The summed E-state index contributed by atoms with van der Waals surface area (Å²) >= 11 is 1.57. The zero-order valence-electron chi connectivity index (χ0n) is 10.1. The summed E-state index contributed by atoms with van der Waals surface area (Å²) in [6.07, 6.45) is 0. The molecule has 0 amide bonds. The van der Waals surface area contributed by atoms with Crippen LogP contribution in [0.15, 0.2) is 53.4 Å².